The van der Waals surface area contributed by atoms with Gasteiger partial charge in [-0.3, -0.25) is 9.59 Å². The minimum atomic E-state index is -0.826. The van der Waals surface area contributed by atoms with E-state index in [0.29, 0.717) is 33.5 Å². The molecule has 0 aliphatic carbocycles. The van der Waals surface area contributed by atoms with Crippen LogP contribution in [0, 0.1) is 0 Å². The van der Waals surface area contributed by atoms with E-state index in [0.717, 1.165) is 11.3 Å². The number of ether oxygens (including phenoxy) is 2. The maximum Gasteiger partial charge on any atom is 0.305 e. The van der Waals surface area contributed by atoms with Crippen LogP contribution in [0.2, 0.25) is 10.0 Å². The van der Waals surface area contributed by atoms with Crippen LogP contribution in [0.1, 0.15) is 22.5 Å². The Kier molecular flexibility index (Phi) is 10.7. The summed E-state index contributed by atoms with van der Waals surface area (Å²) >= 11 is 12.0. The second-order valence-electron chi connectivity index (χ2n) is 8.81. The minimum Gasteiger partial charge on any atom is -0.481 e. The zero-order valence-electron chi connectivity index (χ0n) is 22.2. The molecule has 1 aromatic heterocycles. The number of nitrogens with two attached hydrogens (primary N) is 1. The molecule has 0 fully saturated rings. The number of primary amides is 1. The van der Waals surface area contributed by atoms with E-state index in [4.69, 9.17) is 47.9 Å². The highest BCUT2D eigenvalue weighted by molar-refractivity contribution is 6.42. The highest BCUT2D eigenvalue weighted by atomic mass is 35.5. The zero-order valence-corrected chi connectivity index (χ0v) is 23.7. The number of rotatable bonds is 10. The molecule has 0 spiro atoms. The van der Waals surface area contributed by atoms with Crippen LogP contribution < -0.4 is 10.5 Å². The van der Waals surface area contributed by atoms with Gasteiger partial charge in [-0.15, -0.1) is 0 Å². The Balaban J connectivity index is 0.000000262. The van der Waals surface area contributed by atoms with Crippen molar-refractivity contribution in [2.24, 2.45) is 5.73 Å². The summed E-state index contributed by atoms with van der Waals surface area (Å²) < 4.78 is 16.8. The van der Waals surface area contributed by atoms with Crippen LogP contribution in [0.4, 0.5) is 0 Å². The van der Waals surface area contributed by atoms with Crippen LogP contribution in [-0.4, -0.2) is 28.6 Å². The molecule has 8 nitrogen and oxygen atoms in total. The quantitative estimate of drug-likeness (QED) is 0.155. The van der Waals surface area contributed by atoms with E-state index in [2.05, 4.69) is 4.98 Å². The Hall–Kier alpha value is -4.63. The summed E-state index contributed by atoms with van der Waals surface area (Å²) in [5.74, 6) is 0.348. The van der Waals surface area contributed by atoms with Crippen molar-refractivity contribution in [2.75, 3.05) is 6.61 Å². The summed E-state index contributed by atoms with van der Waals surface area (Å²) in [5.41, 5.74) is 7.78. The Bertz CT molecular complexity index is 1620. The molecule has 0 aliphatic rings. The van der Waals surface area contributed by atoms with Gasteiger partial charge in [-0.1, -0.05) is 71.7 Å². The predicted molar refractivity (Wildman–Crippen MR) is 161 cm³/mol. The Labute approximate surface area is 252 Å². The number of nitrogens with zero attached hydrogens (tertiary/aromatic N) is 1. The summed E-state index contributed by atoms with van der Waals surface area (Å²) in [6.07, 6.45) is 0.0623. The van der Waals surface area contributed by atoms with Crippen LogP contribution in [0.25, 0.3) is 22.8 Å². The van der Waals surface area contributed by atoms with E-state index in [1.807, 2.05) is 60.7 Å². The Morgan fingerprint density at radius 3 is 2.05 bits per heavy atom. The van der Waals surface area contributed by atoms with Gasteiger partial charge in [0.05, 0.1) is 29.7 Å². The molecule has 0 unspecified atom stereocenters. The molecule has 5 aromatic rings. The van der Waals surface area contributed by atoms with E-state index < -0.39 is 11.9 Å². The SMILES string of the molecule is NC(=O)c1nc(-c2ccc(Oc3ccccc3)cc2)oc1-c1ccc(Cl)c(Cl)c1.O=C(O)CCOCc1ccccc1. The Morgan fingerprint density at radius 2 is 1.43 bits per heavy atom. The third kappa shape index (κ3) is 8.68. The number of carbonyl (C=O) groups excluding carboxylic acids is 1. The lowest BCUT2D eigenvalue weighted by Gasteiger charge is -2.05. The number of amides is 1. The van der Waals surface area contributed by atoms with Crippen molar-refractivity contribution in [1.82, 2.24) is 4.98 Å². The molecule has 0 saturated heterocycles. The van der Waals surface area contributed by atoms with E-state index in [9.17, 15) is 9.59 Å². The smallest absolute Gasteiger partial charge is 0.305 e. The topological polar surface area (TPSA) is 125 Å². The number of carboxylic acid groups (broad SMARTS) is 1. The summed E-state index contributed by atoms with van der Waals surface area (Å²) in [4.78, 5) is 26.3. The molecule has 1 heterocycles. The van der Waals surface area contributed by atoms with Crippen molar-refractivity contribution in [2.45, 2.75) is 13.0 Å². The van der Waals surface area contributed by atoms with E-state index in [1.165, 1.54) is 0 Å². The first-order valence-corrected chi connectivity index (χ1v) is 13.5. The van der Waals surface area contributed by atoms with Crippen molar-refractivity contribution < 1.29 is 28.6 Å². The second-order valence-corrected chi connectivity index (χ2v) is 9.63. The van der Waals surface area contributed by atoms with Crippen molar-refractivity contribution in [3.8, 4) is 34.3 Å². The van der Waals surface area contributed by atoms with Gasteiger partial charge in [0.1, 0.15) is 11.5 Å². The fourth-order valence-electron chi connectivity index (χ4n) is 3.66. The van der Waals surface area contributed by atoms with Gasteiger partial charge in [-0.2, -0.15) is 0 Å². The van der Waals surface area contributed by atoms with Crippen molar-refractivity contribution in [3.05, 3.63) is 124 Å². The highest BCUT2D eigenvalue weighted by Gasteiger charge is 2.21. The number of aliphatic carboxylic acids is 1. The van der Waals surface area contributed by atoms with Gasteiger partial charge in [0, 0.05) is 11.1 Å². The van der Waals surface area contributed by atoms with Crippen LogP contribution >= 0.6 is 23.2 Å². The van der Waals surface area contributed by atoms with Gasteiger partial charge in [0.2, 0.25) is 5.89 Å². The summed E-state index contributed by atoms with van der Waals surface area (Å²) in [6, 6.07) is 31.1. The van der Waals surface area contributed by atoms with E-state index in [1.54, 1.807) is 42.5 Å². The molecule has 214 valence electrons. The summed E-state index contributed by atoms with van der Waals surface area (Å²) in [7, 11) is 0. The van der Waals surface area contributed by atoms with Crippen molar-refractivity contribution in [1.29, 1.82) is 0 Å². The average Bonchev–Trinajstić information content (AvgIpc) is 3.45. The molecular formula is C32H26Cl2N2O6. The minimum absolute atomic E-state index is 0.0167. The first kappa shape index (κ1) is 30.3. The number of hydrogen-bond donors (Lipinski definition) is 2. The van der Waals surface area contributed by atoms with Gasteiger partial charge in [-0.25, -0.2) is 4.98 Å². The molecule has 0 radical (unpaired) electrons. The summed E-state index contributed by atoms with van der Waals surface area (Å²) in [5, 5.41) is 9.06. The van der Waals surface area contributed by atoms with Gasteiger partial charge in [0.15, 0.2) is 11.5 Å². The third-order valence-electron chi connectivity index (χ3n) is 5.69. The van der Waals surface area contributed by atoms with Crippen LogP contribution in [0.5, 0.6) is 11.5 Å². The van der Waals surface area contributed by atoms with Gasteiger partial charge in [-0.05, 0) is 60.2 Å². The fraction of sp³-hybridized carbons (Fsp3) is 0.0938. The number of aromatic nitrogens is 1. The monoisotopic (exact) mass is 604 g/mol. The molecule has 0 aliphatic heterocycles. The van der Waals surface area contributed by atoms with Gasteiger partial charge >= 0.3 is 5.97 Å². The molecule has 0 saturated carbocycles. The predicted octanol–water partition coefficient (Wildman–Crippen LogP) is 7.88. The molecule has 10 heteroatoms. The van der Waals surface area contributed by atoms with Crippen LogP contribution in [0.15, 0.2) is 108 Å². The normalized spacial score (nSPS) is 10.4. The zero-order chi connectivity index (χ0) is 29.9. The molecule has 4 aromatic carbocycles. The Morgan fingerprint density at radius 1 is 0.810 bits per heavy atom. The lowest BCUT2D eigenvalue weighted by molar-refractivity contribution is -0.138. The van der Waals surface area contributed by atoms with E-state index >= 15 is 0 Å². The van der Waals surface area contributed by atoms with Crippen molar-refractivity contribution in [3.63, 3.8) is 0 Å². The highest BCUT2D eigenvalue weighted by Crippen LogP contribution is 2.34. The number of benzene rings is 4. The molecular weight excluding hydrogens is 579 g/mol. The number of halogens is 2. The average molecular weight is 605 g/mol. The van der Waals surface area contributed by atoms with Crippen molar-refractivity contribution >= 4 is 35.1 Å². The first-order chi connectivity index (χ1) is 20.3. The molecule has 0 bridgehead atoms. The van der Waals surface area contributed by atoms with Crippen LogP contribution in [0.3, 0.4) is 0 Å². The molecule has 42 heavy (non-hydrogen) atoms. The fourth-order valence-corrected chi connectivity index (χ4v) is 3.96. The number of carboxylic acids is 1. The third-order valence-corrected chi connectivity index (χ3v) is 6.43. The summed E-state index contributed by atoms with van der Waals surface area (Å²) in [6.45, 7) is 0.748. The lowest BCUT2D eigenvalue weighted by atomic mass is 10.1. The molecule has 1 amide bonds. The number of para-hydroxylation sites is 1. The molecule has 5 rings (SSSR count). The second kappa shape index (κ2) is 14.8. The standard InChI is InChI=1S/C22H14Cl2N2O3.C10H12O3/c23-17-11-8-14(12-18(17)24)20-19(21(25)27)26-22(29-20)13-6-9-16(10-7-13)28-15-4-2-1-3-5-15;11-10(12)6-7-13-8-9-4-2-1-3-5-9/h1-12H,(H2,25,27);1-5H,6-8H2,(H,11,12). The van der Waals surface area contributed by atoms with E-state index in [-0.39, 0.29) is 30.4 Å². The molecule has 3 N–H and O–H groups in total. The maximum absolute atomic E-state index is 11.9. The first-order valence-electron chi connectivity index (χ1n) is 12.7. The van der Waals surface area contributed by atoms with Crippen LogP contribution in [-0.2, 0) is 16.1 Å². The molecule has 0 atom stereocenters. The number of oxazole rings is 1. The lowest BCUT2D eigenvalue weighted by Crippen LogP contribution is -2.12. The maximum atomic E-state index is 11.9. The largest absolute Gasteiger partial charge is 0.481 e. The number of carbonyl (C=O) groups is 2. The van der Waals surface area contributed by atoms with Gasteiger partial charge in [0.25, 0.3) is 5.91 Å². The van der Waals surface area contributed by atoms with Gasteiger partial charge < -0.3 is 24.7 Å². The number of hydrogen-bond acceptors (Lipinski definition) is 6.